The third-order valence-corrected chi connectivity index (χ3v) is 2.26. The summed E-state index contributed by atoms with van der Waals surface area (Å²) < 4.78 is 0. The van der Waals surface area contributed by atoms with Gasteiger partial charge in [0.1, 0.15) is 0 Å². The Morgan fingerprint density at radius 2 is 2.00 bits per heavy atom. The minimum atomic E-state index is -0.336. The summed E-state index contributed by atoms with van der Waals surface area (Å²) >= 11 is 0. The Labute approximate surface area is 85.1 Å². The van der Waals surface area contributed by atoms with Gasteiger partial charge in [-0.05, 0) is 6.42 Å². The van der Waals surface area contributed by atoms with Crippen molar-refractivity contribution in [2.24, 2.45) is 5.73 Å². The van der Waals surface area contributed by atoms with Crippen LogP contribution in [0, 0.1) is 0 Å². The number of carbonyl (C=O) groups is 1. The van der Waals surface area contributed by atoms with Crippen LogP contribution in [-0.4, -0.2) is 11.8 Å². The first kappa shape index (κ1) is 10.9. The first-order valence-corrected chi connectivity index (χ1v) is 5.10. The van der Waals surface area contributed by atoms with Crippen molar-refractivity contribution in [2.75, 3.05) is 0 Å². The smallest absolute Gasteiger partial charge is 0.179 e. The maximum atomic E-state index is 11.7. The van der Waals surface area contributed by atoms with Crippen molar-refractivity contribution in [3.63, 3.8) is 0 Å². The molecular formula is C12H17NO. The predicted octanol–water partition coefficient (Wildman–Crippen LogP) is 2.39. The first-order chi connectivity index (χ1) is 6.75. The van der Waals surface area contributed by atoms with Crippen molar-refractivity contribution in [3.05, 3.63) is 35.9 Å². The molecular weight excluding hydrogens is 174 g/mol. The molecule has 0 saturated carbocycles. The summed E-state index contributed by atoms with van der Waals surface area (Å²) in [6, 6.07) is 8.91. The van der Waals surface area contributed by atoms with E-state index < -0.39 is 0 Å². The molecule has 0 radical (unpaired) electrons. The van der Waals surface area contributed by atoms with E-state index in [9.17, 15) is 4.79 Å². The summed E-state index contributed by atoms with van der Waals surface area (Å²) in [5.74, 6) is 0.0547. The van der Waals surface area contributed by atoms with E-state index in [1.165, 1.54) is 0 Å². The fraction of sp³-hybridized carbons (Fsp3) is 0.417. The number of nitrogens with two attached hydrogens (primary N) is 1. The van der Waals surface area contributed by atoms with Crippen LogP contribution in [0.2, 0.25) is 0 Å². The van der Waals surface area contributed by atoms with Crippen LogP contribution in [0.5, 0.6) is 0 Å². The van der Waals surface area contributed by atoms with Crippen LogP contribution in [0.25, 0.3) is 0 Å². The summed E-state index contributed by atoms with van der Waals surface area (Å²) in [4.78, 5) is 11.7. The van der Waals surface area contributed by atoms with Gasteiger partial charge in [-0.15, -0.1) is 0 Å². The molecule has 2 heteroatoms. The number of hydrogen-bond donors (Lipinski definition) is 1. The Balaban J connectivity index is 2.57. The van der Waals surface area contributed by atoms with E-state index in [2.05, 4.69) is 6.92 Å². The Hall–Kier alpha value is -1.15. The van der Waals surface area contributed by atoms with Gasteiger partial charge in [-0.1, -0.05) is 50.1 Å². The lowest BCUT2D eigenvalue weighted by Gasteiger charge is -2.09. The lowest BCUT2D eigenvalue weighted by Crippen LogP contribution is -2.30. The molecule has 0 aliphatic carbocycles. The zero-order valence-corrected chi connectivity index (χ0v) is 8.57. The average molecular weight is 191 g/mol. The van der Waals surface area contributed by atoms with Crippen LogP contribution in [-0.2, 0) is 0 Å². The summed E-state index contributed by atoms with van der Waals surface area (Å²) in [5, 5.41) is 0. The topological polar surface area (TPSA) is 43.1 Å². The number of benzene rings is 1. The largest absolute Gasteiger partial charge is 0.321 e. The third kappa shape index (κ3) is 2.96. The molecule has 0 bridgehead atoms. The van der Waals surface area contributed by atoms with E-state index in [-0.39, 0.29) is 11.8 Å². The van der Waals surface area contributed by atoms with Crippen molar-refractivity contribution >= 4 is 5.78 Å². The van der Waals surface area contributed by atoms with E-state index in [1.54, 1.807) is 0 Å². The highest BCUT2D eigenvalue weighted by atomic mass is 16.1. The van der Waals surface area contributed by atoms with Crippen molar-refractivity contribution in [1.29, 1.82) is 0 Å². The van der Waals surface area contributed by atoms with Gasteiger partial charge in [0.05, 0.1) is 6.04 Å². The summed E-state index contributed by atoms with van der Waals surface area (Å²) in [5.41, 5.74) is 6.50. The van der Waals surface area contributed by atoms with Crippen LogP contribution < -0.4 is 5.73 Å². The van der Waals surface area contributed by atoms with Gasteiger partial charge in [0.25, 0.3) is 0 Å². The van der Waals surface area contributed by atoms with Gasteiger partial charge < -0.3 is 5.73 Å². The lowest BCUT2D eigenvalue weighted by atomic mass is 10.0. The molecule has 2 N–H and O–H groups in total. The fourth-order valence-electron chi connectivity index (χ4n) is 1.37. The monoisotopic (exact) mass is 191 g/mol. The van der Waals surface area contributed by atoms with Gasteiger partial charge in [0.15, 0.2) is 5.78 Å². The number of unbranched alkanes of at least 4 members (excludes halogenated alkanes) is 1. The van der Waals surface area contributed by atoms with E-state index in [0.29, 0.717) is 0 Å². The Morgan fingerprint density at radius 1 is 1.36 bits per heavy atom. The summed E-state index contributed by atoms with van der Waals surface area (Å²) in [6.07, 6.45) is 2.87. The third-order valence-electron chi connectivity index (χ3n) is 2.26. The van der Waals surface area contributed by atoms with Crippen molar-refractivity contribution in [1.82, 2.24) is 0 Å². The average Bonchev–Trinajstić information content (AvgIpc) is 2.26. The van der Waals surface area contributed by atoms with Gasteiger partial charge in [-0.2, -0.15) is 0 Å². The van der Waals surface area contributed by atoms with Crippen LogP contribution in [0.15, 0.2) is 30.3 Å². The normalized spacial score (nSPS) is 12.4. The Morgan fingerprint density at radius 3 is 2.57 bits per heavy atom. The van der Waals surface area contributed by atoms with Gasteiger partial charge in [-0.3, -0.25) is 4.79 Å². The molecule has 0 saturated heterocycles. The molecule has 14 heavy (non-hydrogen) atoms. The predicted molar refractivity (Wildman–Crippen MR) is 58.3 cm³/mol. The maximum Gasteiger partial charge on any atom is 0.179 e. The fourth-order valence-corrected chi connectivity index (χ4v) is 1.37. The molecule has 0 fully saturated rings. The highest BCUT2D eigenvalue weighted by molar-refractivity contribution is 5.99. The van der Waals surface area contributed by atoms with Crippen LogP contribution in [0.1, 0.15) is 36.5 Å². The molecule has 1 unspecified atom stereocenters. The van der Waals surface area contributed by atoms with E-state index in [0.717, 1.165) is 24.8 Å². The second-order valence-corrected chi connectivity index (χ2v) is 3.48. The molecule has 0 aliphatic rings. The van der Waals surface area contributed by atoms with Crippen LogP contribution >= 0.6 is 0 Å². The summed E-state index contributed by atoms with van der Waals surface area (Å²) in [6.45, 7) is 2.10. The number of rotatable bonds is 5. The molecule has 0 aromatic heterocycles. The lowest BCUT2D eigenvalue weighted by molar-refractivity contribution is 0.0956. The molecule has 0 aliphatic heterocycles. The quantitative estimate of drug-likeness (QED) is 0.726. The number of carbonyl (C=O) groups excluding carboxylic acids is 1. The molecule has 1 rings (SSSR count). The molecule has 1 aromatic rings. The molecule has 1 aromatic carbocycles. The number of ketones is 1. The summed E-state index contributed by atoms with van der Waals surface area (Å²) in [7, 11) is 0. The van der Waals surface area contributed by atoms with Gasteiger partial charge in [-0.25, -0.2) is 0 Å². The SMILES string of the molecule is CCCCC(N)C(=O)c1ccccc1. The van der Waals surface area contributed by atoms with Crippen LogP contribution in [0.4, 0.5) is 0 Å². The van der Waals surface area contributed by atoms with Crippen molar-refractivity contribution in [2.45, 2.75) is 32.2 Å². The molecule has 0 amide bonds. The van der Waals surface area contributed by atoms with E-state index in [4.69, 9.17) is 5.73 Å². The zero-order valence-electron chi connectivity index (χ0n) is 8.57. The maximum absolute atomic E-state index is 11.7. The van der Waals surface area contributed by atoms with Gasteiger partial charge >= 0.3 is 0 Å². The number of hydrogen-bond acceptors (Lipinski definition) is 2. The highest BCUT2D eigenvalue weighted by Crippen LogP contribution is 2.06. The standard InChI is InChI=1S/C12H17NO/c1-2-3-9-11(13)12(14)10-7-5-4-6-8-10/h4-8,11H,2-3,9,13H2,1H3. The molecule has 0 heterocycles. The molecule has 76 valence electrons. The number of Topliss-reactive ketones (excluding diaryl/α,β-unsaturated/α-hetero) is 1. The van der Waals surface area contributed by atoms with E-state index in [1.807, 2.05) is 30.3 Å². The van der Waals surface area contributed by atoms with Gasteiger partial charge in [0.2, 0.25) is 0 Å². The molecule has 1 atom stereocenters. The van der Waals surface area contributed by atoms with Gasteiger partial charge in [0, 0.05) is 5.56 Å². The van der Waals surface area contributed by atoms with Crippen molar-refractivity contribution in [3.8, 4) is 0 Å². The highest BCUT2D eigenvalue weighted by Gasteiger charge is 2.13. The minimum Gasteiger partial charge on any atom is -0.321 e. The first-order valence-electron chi connectivity index (χ1n) is 5.10. The van der Waals surface area contributed by atoms with Crippen molar-refractivity contribution < 1.29 is 4.79 Å². The van der Waals surface area contributed by atoms with E-state index >= 15 is 0 Å². The second-order valence-electron chi connectivity index (χ2n) is 3.48. The Kier molecular flexibility index (Phi) is 4.33. The minimum absolute atomic E-state index is 0.0547. The zero-order chi connectivity index (χ0) is 10.4. The van der Waals surface area contributed by atoms with Crippen LogP contribution in [0.3, 0.4) is 0 Å². The Bertz CT molecular complexity index is 282. The molecule has 2 nitrogen and oxygen atoms in total. The second kappa shape index (κ2) is 5.55. The molecule has 0 spiro atoms.